The van der Waals surface area contributed by atoms with Gasteiger partial charge in [-0.3, -0.25) is 0 Å². The van der Waals surface area contributed by atoms with Crippen molar-refractivity contribution in [3.8, 4) is 0 Å². The summed E-state index contributed by atoms with van der Waals surface area (Å²) in [6.45, 7) is 12.7. The molecule has 37 heavy (non-hydrogen) atoms. The van der Waals surface area contributed by atoms with Crippen LogP contribution in [0.5, 0.6) is 0 Å². The summed E-state index contributed by atoms with van der Waals surface area (Å²) in [7, 11) is 0. The fourth-order valence-electron chi connectivity index (χ4n) is 9.24. The van der Waals surface area contributed by atoms with E-state index in [2.05, 4.69) is 40.7 Å². The molecule has 3 heteroatoms. The molecule has 0 spiro atoms. The number of fused-ring (bicyclic) bond motifs is 5. The molecule has 3 fully saturated rings. The molecular formula is C34H51O2S-. The summed E-state index contributed by atoms with van der Waals surface area (Å²) in [5.41, 5.74) is 3.14. The fraction of sp³-hybridized carbons (Fsp3) is 0.735. The summed E-state index contributed by atoms with van der Waals surface area (Å²) >= 11 is 4.84. The van der Waals surface area contributed by atoms with E-state index in [0.29, 0.717) is 16.1 Å². The summed E-state index contributed by atoms with van der Waals surface area (Å²) in [5, 5.41) is 10.7. The Balaban J connectivity index is 0.000000301. The number of aromatic carboxylic acids is 1. The van der Waals surface area contributed by atoms with Crippen LogP contribution in [0.4, 0.5) is 0 Å². The molecule has 0 amide bonds. The zero-order valence-corrected chi connectivity index (χ0v) is 24.9. The third kappa shape index (κ3) is 6.02. The normalized spacial score (nSPS) is 37.4. The van der Waals surface area contributed by atoms with E-state index >= 15 is 0 Å². The number of hydrogen-bond donors (Lipinski definition) is 1. The molecule has 206 valence electrons. The van der Waals surface area contributed by atoms with Crippen LogP contribution >= 0.6 is 12.6 Å². The van der Waals surface area contributed by atoms with Crippen LogP contribution in [0.3, 0.4) is 0 Å². The average Bonchev–Trinajstić information content (AvgIpc) is 3.22. The van der Waals surface area contributed by atoms with Gasteiger partial charge in [0.05, 0.1) is 5.97 Å². The first kappa shape index (κ1) is 28.8. The smallest absolute Gasteiger partial charge is 0.0715 e. The lowest BCUT2D eigenvalue weighted by Crippen LogP contribution is -2.50. The Morgan fingerprint density at radius 3 is 2.38 bits per heavy atom. The molecule has 3 saturated carbocycles. The van der Waals surface area contributed by atoms with Crippen LogP contribution in [0.25, 0.3) is 0 Å². The second kappa shape index (κ2) is 11.9. The lowest BCUT2D eigenvalue weighted by molar-refractivity contribution is -0.255. The van der Waals surface area contributed by atoms with Gasteiger partial charge < -0.3 is 9.90 Å². The van der Waals surface area contributed by atoms with Gasteiger partial charge in [-0.2, -0.15) is 12.6 Å². The molecule has 4 aliphatic carbocycles. The van der Waals surface area contributed by atoms with Crippen molar-refractivity contribution in [1.82, 2.24) is 0 Å². The monoisotopic (exact) mass is 523 g/mol. The van der Waals surface area contributed by atoms with Gasteiger partial charge in [0.25, 0.3) is 0 Å². The average molecular weight is 524 g/mol. The number of rotatable bonds is 6. The summed E-state index contributed by atoms with van der Waals surface area (Å²) in [6.07, 6.45) is 18.4. The molecule has 1 aromatic rings. The molecule has 0 saturated heterocycles. The van der Waals surface area contributed by atoms with Crippen molar-refractivity contribution in [1.29, 1.82) is 0 Å². The zero-order valence-electron chi connectivity index (χ0n) is 24.0. The molecular weight excluding hydrogens is 472 g/mol. The Kier molecular flexibility index (Phi) is 9.25. The number of carbonyl (C=O) groups is 1. The molecule has 4 aliphatic rings. The highest BCUT2D eigenvalue weighted by Gasteiger charge is 2.58. The van der Waals surface area contributed by atoms with E-state index in [0.717, 1.165) is 35.5 Å². The van der Waals surface area contributed by atoms with Crippen molar-refractivity contribution in [2.75, 3.05) is 0 Å². The minimum absolute atomic E-state index is 0.220. The van der Waals surface area contributed by atoms with Crippen molar-refractivity contribution in [2.45, 2.75) is 110 Å². The van der Waals surface area contributed by atoms with Crippen LogP contribution in [0.1, 0.15) is 116 Å². The SMILES string of the molecule is CC(C)CCC[C@@H](C)[C@H]1CC[C@H]2[C@@H]3CC=C4C[C@@H](S)CC[C@]4(C)[C@H]3CC[C@]12C.O=C([O-])c1ccccc1. The second-order valence-corrected chi connectivity index (χ2v) is 14.6. The van der Waals surface area contributed by atoms with Gasteiger partial charge in [-0.25, -0.2) is 0 Å². The first-order valence-electron chi connectivity index (χ1n) is 15.2. The van der Waals surface area contributed by atoms with Gasteiger partial charge in [0, 0.05) is 5.25 Å². The molecule has 5 rings (SSSR count). The number of allylic oxidation sites excluding steroid dienone is 2. The fourth-order valence-corrected chi connectivity index (χ4v) is 9.57. The van der Waals surface area contributed by atoms with Crippen LogP contribution in [0.15, 0.2) is 42.0 Å². The first-order chi connectivity index (χ1) is 17.6. The maximum Gasteiger partial charge on any atom is 0.0715 e. The van der Waals surface area contributed by atoms with Gasteiger partial charge >= 0.3 is 0 Å². The first-order valence-corrected chi connectivity index (χ1v) is 15.7. The Bertz CT molecular complexity index is 938. The van der Waals surface area contributed by atoms with Gasteiger partial charge in [-0.15, -0.1) is 0 Å². The number of carboxylic acid groups (broad SMARTS) is 1. The summed E-state index contributed by atoms with van der Waals surface area (Å²) < 4.78 is 0. The van der Waals surface area contributed by atoms with E-state index in [4.69, 9.17) is 12.6 Å². The van der Waals surface area contributed by atoms with Crippen LogP contribution in [0, 0.1) is 46.3 Å². The van der Waals surface area contributed by atoms with Crippen LogP contribution in [-0.4, -0.2) is 11.2 Å². The Morgan fingerprint density at radius 1 is 1.00 bits per heavy atom. The van der Waals surface area contributed by atoms with Crippen molar-refractivity contribution in [3.63, 3.8) is 0 Å². The maximum absolute atomic E-state index is 10.1. The van der Waals surface area contributed by atoms with Crippen LogP contribution in [-0.2, 0) is 0 Å². The van der Waals surface area contributed by atoms with Gasteiger partial charge in [0.2, 0.25) is 0 Å². The molecule has 0 aliphatic heterocycles. The molecule has 0 heterocycles. The quantitative estimate of drug-likeness (QED) is 0.300. The molecule has 1 aromatic carbocycles. The maximum atomic E-state index is 10.1. The van der Waals surface area contributed by atoms with E-state index < -0.39 is 5.97 Å². The van der Waals surface area contributed by atoms with E-state index in [-0.39, 0.29) is 5.56 Å². The van der Waals surface area contributed by atoms with Gasteiger partial charge in [0.15, 0.2) is 0 Å². The van der Waals surface area contributed by atoms with E-state index in [9.17, 15) is 9.90 Å². The van der Waals surface area contributed by atoms with E-state index in [1.165, 1.54) is 82.8 Å². The molecule has 0 aromatic heterocycles. The van der Waals surface area contributed by atoms with Gasteiger partial charge in [-0.05, 0) is 103 Å². The number of benzene rings is 1. The van der Waals surface area contributed by atoms with Crippen molar-refractivity contribution in [3.05, 3.63) is 47.5 Å². The highest BCUT2D eigenvalue weighted by Crippen LogP contribution is 2.67. The van der Waals surface area contributed by atoms with Gasteiger partial charge in [-0.1, -0.05) is 95.9 Å². The molecule has 8 atom stereocenters. The van der Waals surface area contributed by atoms with Crippen molar-refractivity contribution >= 4 is 18.6 Å². The number of carbonyl (C=O) groups excluding carboxylic acids is 1. The summed E-state index contributed by atoms with van der Waals surface area (Å²) in [4.78, 5) is 10.1. The predicted molar refractivity (Wildman–Crippen MR) is 157 cm³/mol. The largest absolute Gasteiger partial charge is 0.545 e. The molecule has 0 radical (unpaired) electrons. The minimum atomic E-state index is -1.13. The Labute approximate surface area is 232 Å². The third-order valence-electron chi connectivity index (χ3n) is 11.3. The lowest BCUT2D eigenvalue weighted by atomic mass is 9.47. The van der Waals surface area contributed by atoms with Crippen LogP contribution in [0.2, 0.25) is 0 Å². The molecule has 0 bridgehead atoms. The summed E-state index contributed by atoms with van der Waals surface area (Å²) in [5.74, 6) is 4.57. The van der Waals surface area contributed by atoms with E-state index in [1.54, 1.807) is 23.8 Å². The van der Waals surface area contributed by atoms with Crippen molar-refractivity contribution < 1.29 is 9.90 Å². The molecule has 0 unspecified atom stereocenters. The number of hydrogen-bond acceptors (Lipinski definition) is 3. The number of carboxylic acids is 1. The van der Waals surface area contributed by atoms with Crippen molar-refractivity contribution in [2.24, 2.45) is 46.3 Å². The highest BCUT2D eigenvalue weighted by atomic mass is 32.1. The highest BCUT2D eigenvalue weighted by molar-refractivity contribution is 7.80. The lowest BCUT2D eigenvalue weighted by Gasteiger charge is -2.58. The zero-order chi connectivity index (χ0) is 26.8. The predicted octanol–water partition coefficient (Wildman–Crippen LogP) is 8.38. The topological polar surface area (TPSA) is 40.1 Å². The number of thiol groups is 1. The molecule has 2 nitrogen and oxygen atoms in total. The van der Waals surface area contributed by atoms with E-state index in [1.807, 2.05) is 0 Å². The van der Waals surface area contributed by atoms with Gasteiger partial charge in [0.1, 0.15) is 0 Å². The Morgan fingerprint density at radius 2 is 1.73 bits per heavy atom. The third-order valence-corrected chi connectivity index (χ3v) is 11.7. The second-order valence-electron chi connectivity index (χ2n) is 13.8. The molecule has 0 N–H and O–H groups in total. The summed E-state index contributed by atoms with van der Waals surface area (Å²) in [6, 6.07) is 8.06. The Hall–Kier alpha value is -1.22. The minimum Gasteiger partial charge on any atom is -0.545 e. The van der Waals surface area contributed by atoms with Crippen LogP contribution < -0.4 is 5.11 Å². The standard InChI is InChI=1S/C27H46S.C7H6O2/c1-18(2)7-6-8-19(3)23-11-12-24-22-10-9-20-17-21(28)13-15-26(20,4)25(22)14-16-27(23,24)5;8-7(9)6-4-2-1-3-5-6/h9,18-19,21-25,28H,6-8,10-17H2,1-5H3;1-5H,(H,8,9)/p-1/t19-,21+,22+,23-,24+,25+,26+,27-;/m1./s1.